The number of hydrogen-bond acceptors (Lipinski definition) is 3. The quantitative estimate of drug-likeness (QED) is 0.485. The largest absolute Gasteiger partial charge is 0.493 e. The lowest BCUT2D eigenvalue weighted by atomic mass is 10.1. The molecule has 0 aliphatic carbocycles. The molecule has 0 bridgehead atoms. The van der Waals surface area contributed by atoms with E-state index in [2.05, 4.69) is 18.2 Å². The minimum Gasteiger partial charge on any atom is -0.493 e. The van der Waals surface area contributed by atoms with Gasteiger partial charge in [-0.15, -0.1) is 0 Å². The van der Waals surface area contributed by atoms with Gasteiger partial charge < -0.3 is 14.2 Å². The van der Waals surface area contributed by atoms with E-state index in [1.807, 2.05) is 55.5 Å². The molecule has 0 N–H and O–H groups in total. The van der Waals surface area contributed by atoms with Gasteiger partial charge in [0.15, 0.2) is 11.5 Å². The molecule has 0 amide bonds. The second kappa shape index (κ2) is 8.97. The molecule has 130 valence electrons. The number of benzene rings is 3. The summed E-state index contributed by atoms with van der Waals surface area (Å²) in [7, 11) is 0. The minimum atomic E-state index is 0.638. The summed E-state index contributed by atoms with van der Waals surface area (Å²) in [4.78, 5) is 0. The molecule has 0 atom stereocenters. The smallest absolute Gasteiger partial charge is 0.161 e. The number of ether oxygens (including phenoxy) is 3. The summed E-state index contributed by atoms with van der Waals surface area (Å²) in [5.41, 5.74) is 0. The molecule has 3 rings (SSSR count). The fourth-order valence-corrected chi connectivity index (χ4v) is 2.73. The molecule has 0 fully saturated rings. The molecule has 3 aromatic rings. The standard InChI is InChI=1S/C22H24O3/c1-2-23-21-13-5-6-14-22(21)25-17-8-7-16-24-20-15-9-11-18-10-3-4-12-19(18)20/h3-6,9-15H,2,7-8,16-17H2,1H3. The number of hydrogen-bond donors (Lipinski definition) is 0. The van der Waals surface area contributed by atoms with E-state index in [1.165, 1.54) is 5.39 Å². The van der Waals surface area contributed by atoms with E-state index in [0.717, 1.165) is 35.5 Å². The Bertz CT molecular complexity index is 793. The van der Waals surface area contributed by atoms with Gasteiger partial charge in [0.2, 0.25) is 0 Å². The number of unbranched alkanes of at least 4 members (excludes halogenated alkanes) is 1. The molecular weight excluding hydrogens is 312 g/mol. The summed E-state index contributed by atoms with van der Waals surface area (Å²) in [6, 6.07) is 22.2. The van der Waals surface area contributed by atoms with Crippen LogP contribution in [0.1, 0.15) is 19.8 Å². The van der Waals surface area contributed by atoms with Crippen LogP contribution in [0.25, 0.3) is 10.8 Å². The van der Waals surface area contributed by atoms with E-state index < -0.39 is 0 Å². The fourth-order valence-electron chi connectivity index (χ4n) is 2.73. The molecule has 0 saturated carbocycles. The van der Waals surface area contributed by atoms with Crippen molar-refractivity contribution < 1.29 is 14.2 Å². The highest BCUT2D eigenvalue weighted by Gasteiger charge is 2.04. The Labute approximate surface area is 149 Å². The predicted octanol–water partition coefficient (Wildman–Crippen LogP) is 5.48. The predicted molar refractivity (Wildman–Crippen MR) is 102 cm³/mol. The van der Waals surface area contributed by atoms with Gasteiger partial charge in [-0.05, 0) is 43.4 Å². The van der Waals surface area contributed by atoms with Crippen molar-refractivity contribution in [1.29, 1.82) is 0 Å². The van der Waals surface area contributed by atoms with Gasteiger partial charge in [0.05, 0.1) is 19.8 Å². The van der Waals surface area contributed by atoms with Gasteiger partial charge in [0.1, 0.15) is 5.75 Å². The van der Waals surface area contributed by atoms with Crippen LogP contribution in [-0.4, -0.2) is 19.8 Å². The van der Waals surface area contributed by atoms with E-state index in [4.69, 9.17) is 14.2 Å². The van der Waals surface area contributed by atoms with Gasteiger partial charge in [-0.1, -0.05) is 48.5 Å². The van der Waals surface area contributed by atoms with Crippen molar-refractivity contribution in [1.82, 2.24) is 0 Å². The minimum absolute atomic E-state index is 0.638. The zero-order valence-electron chi connectivity index (χ0n) is 14.6. The van der Waals surface area contributed by atoms with E-state index in [0.29, 0.717) is 19.8 Å². The highest BCUT2D eigenvalue weighted by atomic mass is 16.5. The molecule has 0 saturated heterocycles. The molecule has 0 aliphatic heterocycles. The lowest BCUT2D eigenvalue weighted by Gasteiger charge is -2.12. The summed E-state index contributed by atoms with van der Waals surface area (Å²) >= 11 is 0. The second-order valence-corrected chi connectivity index (χ2v) is 5.76. The first-order chi connectivity index (χ1) is 12.4. The first-order valence-electron chi connectivity index (χ1n) is 8.83. The average Bonchev–Trinajstić information content (AvgIpc) is 2.66. The van der Waals surface area contributed by atoms with Crippen molar-refractivity contribution in [2.45, 2.75) is 19.8 Å². The Balaban J connectivity index is 1.43. The molecule has 0 spiro atoms. The maximum atomic E-state index is 5.95. The fraction of sp³-hybridized carbons (Fsp3) is 0.273. The van der Waals surface area contributed by atoms with Crippen LogP contribution in [0.3, 0.4) is 0 Å². The van der Waals surface area contributed by atoms with Crippen LogP contribution in [0, 0.1) is 0 Å². The Morgan fingerprint density at radius 3 is 1.92 bits per heavy atom. The Hall–Kier alpha value is -2.68. The zero-order valence-corrected chi connectivity index (χ0v) is 14.6. The van der Waals surface area contributed by atoms with Crippen LogP contribution in [0.4, 0.5) is 0 Å². The van der Waals surface area contributed by atoms with Crippen LogP contribution in [0.15, 0.2) is 66.7 Å². The van der Waals surface area contributed by atoms with E-state index in [9.17, 15) is 0 Å². The van der Waals surface area contributed by atoms with Crippen molar-refractivity contribution >= 4 is 10.8 Å². The van der Waals surface area contributed by atoms with Crippen LogP contribution in [-0.2, 0) is 0 Å². The first-order valence-corrected chi connectivity index (χ1v) is 8.83. The number of para-hydroxylation sites is 2. The van der Waals surface area contributed by atoms with Crippen LogP contribution < -0.4 is 14.2 Å². The monoisotopic (exact) mass is 336 g/mol. The van der Waals surface area contributed by atoms with Crippen LogP contribution in [0.2, 0.25) is 0 Å². The average molecular weight is 336 g/mol. The second-order valence-electron chi connectivity index (χ2n) is 5.76. The topological polar surface area (TPSA) is 27.7 Å². The molecule has 3 nitrogen and oxygen atoms in total. The molecule has 3 heteroatoms. The summed E-state index contributed by atoms with van der Waals surface area (Å²) in [5, 5.41) is 2.36. The van der Waals surface area contributed by atoms with Gasteiger partial charge in [0.25, 0.3) is 0 Å². The van der Waals surface area contributed by atoms with Crippen molar-refractivity contribution in [3.05, 3.63) is 66.7 Å². The SMILES string of the molecule is CCOc1ccccc1OCCCCOc1cccc2ccccc12. The van der Waals surface area contributed by atoms with Crippen LogP contribution >= 0.6 is 0 Å². The summed E-state index contributed by atoms with van der Waals surface area (Å²) in [6.45, 7) is 3.95. The zero-order chi connectivity index (χ0) is 17.3. The lowest BCUT2D eigenvalue weighted by molar-refractivity contribution is 0.253. The molecule has 0 unspecified atom stereocenters. The van der Waals surface area contributed by atoms with E-state index in [1.54, 1.807) is 0 Å². The van der Waals surface area contributed by atoms with Gasteiger partial charge in [0, 0.05) is 5.39 Å². The third kappa shape index (κ3) is 4.66. The van der Waals surface area contributed by atoms with Gasteiger partial charge in [-0.3, -0.25) is 0 Å². The third-order valence-corrected chi connectivity index (χ3v) is 3.95. The molecule has 0 heterocycles. The number of fused-ring (bicyclic) bond motifs is 1. The highest BCUT2D eigenvalue weighted by Crippen LogP contribution is 2.27. The first kappa shape index (κ1) is 17.2. The lowest BCUT2D eigenvalue weighted by Crippen LogP contribution is -2.04. The van der Waals surface area contributed by atoms with Gasteiger partial charge in [-0.25, -0.2) is 0 Å². The van der Waals surface area contributed by atoms with Crippen molar-refractivity contribution in [2.24, 2.45) is 0 Å². The van der Waals surface area contributed by atoms with Crippen molar-refractivity contribution in [3.8, 4) is 17.2 Å². The Morgan fingerprint density at radius 1 is 0.600 bits per heavy atom. The molecular formula is C22H24O3. The van der Waals surface area contributed by atoms with Gasteiger partial charge >= 0.3 is 0 Å². The summed E-state index contributed by atoms with van der Waals surface area (Å²) < 4.78 is 17.3. The van der Waals surface area contributed by atoms with Crippen LogP contribution in [0.5, 0.6) is 17.2 Å². The number of rotatable bonds is 9. The molecule has 0 aromatic heterocycles. The summed E-state index contributed by atoms with van der Waals surface area (Å²) in [5.74, 6) is 2.55. The summed E-state index contributed by atoms with van der Waals surface area (Å²) in [6.07, 6.45) is 1.88. The Kier molecular flexibility index (Phi) is 6.16. The maximum absolute atomic E-state index is 5.95. The third-order valence-electron chi connectivity index (χ3n) is 3.95. The maximum Gasteiger partial charge on any atom is 0.161 e. The normalized spacial score (nSPS) is 10.6. The molecule has 25 heavy (non-hydrogen) atoms. The molecule has 0 radical (unpaired) electrons. The van der Waals surface area contributed by atoms with E-state index >= 15 is 0 Å². The van der Waals surface area contributed by atoms with Crippen molar-refractivity contribution in [3.63, 3.8) is 0 Å². The van der Waals surface area contributed by atoms with E-state index in [-0.39, 0.29) is 0 Å². The molecule has 3 aromatic carbocycles. The molecule has 0 aliphatic rings. The van der Waals surface area contributed by atoms with Gasteiger partial charge in [-0.2, -0.15) is 0 Å². The Morgan fingerprint density at radius 2 is 1.16 bits per heavy atom. The highest BCUT2D eigenvalue weighted by molar-refractivity contribution is 5.88. The van der Waals surface area contributed by atoms with Crippen molar-refractivity contribution in [2.75, 3.05) is 19.8 Å².